The average Bonchev–Trinajstić information content (AvgIpc) is 2.84. The fourth-order valence-corrected chi connectivity index (χ4v) is 4.33. The Kier molecular flexibility index (Phi) is 6.84. The standard InChI is InChI=1S/C21H34N4O2/c1-4-18-5-6-19(22-15-18)16-24-12-11-23(2)21(17-24)8-7-20(26)25(10-9-21)13-14-27-3/h5-6,15H,4,7-14,16-17H2,1-3H3/t21-/m1/s1. The first kappa shape index (κ1) is 20.2. The number of methoxy groups -OCH3 is 1. The van der Waals surface area contributed by atoms with Crippen LogP contribution in [0.1, 0.15) is 37.4 Å². The number of nitrogens with zero attached hydrogens (tertiary/aromatic N) is 4. The third-order valence-corrected chi connectivity index (χ3v) is 6.33. The first-order valence-corrected chi connectivity index (χ1v) is 10.2. The molecule has 0 N–H and O–H groups in total. The molecule has 0 radical (unpaired) electrons. The summed E-state index contributed by atoms with van der Waals surface area (Å²) in [5, 5.41) is 0. The molecule has 1 aromatic rings. The van der Waals surface area contributed by atoms with Crippen LogP contribution in [0.4, 0.5) is 0 Å². The Morgan fingerprint density at radius 3 is 2.78 bits per heavy atom. The minimum atomic E-state index is 0.0824. The molecule has 1 amide bonds. The summed E-state index contributed by atoms with van der Waals surface area (Å²) in [6, 6.07) is 4.35. The lowest BCUT2D eigenvalue weighted by atomic mass is 9.86. The number of piperazine rings is 1. The monoisotopic (exact) mass is 374 g/mol. The van der Waals surface area contributed by atoms with E-state index in [-0.39, 0.29) is 11.4 Å². The van der Waals surface area contributed by atoms with Crippen molar-refractivity contribution in [3.05, 3.63) is 29.6 Å². The summed E-state index contributed by atoms with van der Waals surface area (Å²) in [6.07, 6.45) is 5.62. The lowest BCUT2D eigenvalue weighted by Gasteiger charge is -2.49. The number of carbonyl (C=O) groups is 1. The first-order chi connectivity index (χ1) is 13.1. The van der Waals surface area contributed by atoms with E-state index in [4.69, 9.17) is 4.74 Å². The van der Waals surface area contributed by atoms with Crippen molar-refractivity contribution >= 4 is 5.91 Å². The fourth-order valence-electron chi connectivity index (χ4n) is 4.33. The van der Waals surface area contributed by atoms with Gasteiger partial charge < -0.3 is 9.64 Å². The molecule has 0 saturated carbocycles. The van der Waals surface area contributed by atoms with E-state index in [0.717, 1.165) is 57.7 Å². The smallest absolute Gasteiger partial charge is 0.222 e. The zero-order chi connectivity index (χ0) is 19.3. The van der Waals surface area contributed by atoms with Crippen molar-refractivity contribution in [2.24, 2.45) is 0 Å². The highest BCUT2D eigenvalue weighted by Crippen LogP contribution is 2.32. The van der Waals surface area contributed by atoms with E-state index in [2.05, 4.69) is 40.9 Å². The van der Waals surface area contributed by atoms with Crippen LogP contribution in [0.25, 0.3) is 0 Å². The number of rotatable bonds is 6. The van der Waals surface area contributed by atoms with Gasteiger partial charge >= 0.3 is 0 Å². The molecule has 2 saturated heterocycles. The van der Waals surface area contributed by atoms with Gasteiger partial charge in [0.15, 0.2) is 0 Å². The molecule has 2 aliphatic rings. The molecule has 1 aromatic heterocycles. The number of carbonyl (C=O) groups excluding carboxylic acids is 1. The minimum Gasteiger partial charge on any atom is -0.383 e. The highest BCUT2D eigenvalue weighted by atomic mass is 16.5. The molecule has 2 fully saturated rings. The van der Waals surface area contributed by atoms with Gasteiger partial charge in [0.1, 0.15) is 0 Å². The molecule has 6 heteroatoms. The zero-order valence-electron chi connectivity index (χ0n) is 17.1. The van der Waals surface area contributed by atoms with Crippen LogP contribution in [0.3, 0.4) is 0 Å². The Labute approximate surface area is 163 Å². The molecular formula is C21H34N4O2. The SMILES string of the molecule is CCc1ccc(CN2CCN(C)[C@@]3(CCC(=O)N(CCOC)CC3)C2)nc1. The third kappa shape index (κ3) is 4.86. The third-order valence-electron chi connectivity index (χ3n) is 6.33. The maximum atomic E-state index is 12.5. The van der Waals surface area contributed by atoms with E-state index < -0.39 is 0 Å². The Morgan fingerprint density at radius 1 is 1.22 bits per heavy atom. The van der Waals surface area contributed by atoms with Gasteiger partial charge in [-0.2, -0.15) is 0 Å². The summed E-state index contributed by atoms with van der Waals surface area (Å²) in [6.45, 7) is 8.28. The number of aryl methyl sites for hydroxylation is 1. The Hall–Kier alpha value is -1.50. The summed E-state index contributed by atoms with van der Waals surface area (Å²) >= 11 is 0. The predicted molar refractivity (Wildman–Crippen MR) is 107 cm³/mol. The molecule has 0 aromatic carbocycles. The van der Waals surface area contributed by atoms with E-state index >= 15 is 0 Å². The second-order valence-corrected chi connectivity index (χ2v) is 7.99. The number of likely N-dealkylation sites (N-methyl/N-ethyl adjacent to an activating group) is 1. The predicted octanol–water partition coefficient (Wildman–Crippen LogP) is 1.79. The second-order valence-electron chi connectivity index (χ2n) is 7.99. The fraction of sp³-hybridized carbons (Fsp3) is 0.714. The minimum absolute atomic E-state index is 0.0824. The number of ether oxygens (including phenoxy) is 1. The van der Waals surface area contributed by atoms with E-state index in [1.807, 2.05) is 11.1 Å². The molecule has 0 bridgehead atoms. The topological polar surface area (TPSA) is 48.9 Å². The molecule has 6 nitrogen and oxygen atoms in total. The summed E-state index contributed by atoms with van der Waals surface area (Å²) in [5.74, 6) is 0.270. The van der Waals surface area contributed by atoms with Crippen molar-refractivity contribution < 1.29 is 9.53 Å². The molecule has 0 aliphatic carbocycles. The maximum Gasteiger partial charge on any atom is 0.222 e. The Morgan fingerprint density at radius 2 is 2.07 bits per heavy atom. The van der Waals surface area contributed by atoms with Crippen molar-refractivity contribution in [2.45, 2.75) is 44.7 Å². The molecule has 1 spiro atoms. The summed E-state index contributed by atoms with van der Waals surface area (Å²) in [5.41, 5.74) is 2.50. The highest BCUT2D eigenvalue weighted by molar-refractivity contribution is 5.76. The van der Waals surface area contributed by atoms with Crippen LogP contribution in [0.15, 0.2) is 18.3 Å². The van der Waals surface area contributed by atoms with Gasteiger partial charge in [-0.05, 0) is 37.9 Å². The van der Waals surface area contributed by atoms with Gasteiger partial charge in [-0.25, -0.2) is 0 Å². The van der Waals surface area contributed by atoms with Gasteiger partial charge in [-0.3, -0.25) is 19.6 Å². The Balaban J connectivity index is 1.65. The van der Waals surface area contributed by atoms with Crippen molar-refractivity contribution in [2.75, 3.05) is 53.5 Å². The number of likely N-dealkylation sites (tertiary alicyclic amines) is 1. The highest BCUT2D eigenvalue weighted by Gasteiger charge is 2.42. The quantitative estimate of drug-likeness (QED) is 0.760. The van der Waals surface area contributed by atoms with Crippen LogP contribution < -0.4 is 0 Å². The summed E-state index contributed by atoms with van der Waals surface area (Å²) in [7, 11) is 3.92. The molecular weight excluding hydrogens is 340 g/mol. The van der Waals surface area contributed by atoms with Crippen LogP contribution in [0.2, 0.25) is 0 Å². The second kappa shape index (κ2) is 9.13. The van der Waals surface area contributed by atoms with E-state index in [1.54, 1.807) is 7.11 Å². The van der Waals surface area contributed by atoms with Gasteiger partial charge in [0.05, 0.1) is 12.3 Å². The Bertz CT molecular complexity index is 621. The van der Waals surface area contributed by atoms with Crippen LogP contribution in [0.5, 0.6) is 0 Å². The van der Waals surface area contributed by atoms with Crippen LogP contribution in [-0.4, -0.2) is 84.6 Å². The van der Waals surface area contributed by atoms with E-state index in [0.29, 0.717) is 19.6 Å². The van der Waals surface area contributed by atoms with Crippen LogP contribution in [-0.2, 0) is 22.5 Å². The molecule has 27 heavy (non-hydrogen) atoms. The van der Waals surface area contributed by atoms with Gasteiger partial charge in [-0.1, -0.05) is 13.0 Å². The first-order valence-electron chi connectivity index (χ1n) is 10.2. The van der Waals surface area contributed by atoms with E-state index in [9.17, 15) is 4.79 Å². The lowest BCUT2D eigenvalue weighted by Crippen LogP contribution is -2.60. The molecule has 1 atom stereocenters. The van der Waals surface area contributed by atoms with E-state index in [1.165, 1.54) is 5.56 Å². The van der Waals surface area contributed by atoms with Gasteiger partial charge in [0.25, 0.3) is 0 Å². The number of amides is 1. The normalized spacial score (nSPS) is 25.1. The molecule has 3 rings (SSSR count). The van der Waals surface area contributed by atoms with Crippen molar-refractivity contribution in [3.8, 4) is 0 Å². The number of aromatic nitrogens is 1. The maximum absolute atomic E-state index is 12.5. The average molecular weight is 375 g/mol. The van der Waals surface area contributed by atoms with Crippen LogP contribution in [0, 0.1) is 0 Å². The largest absolute Gasteiger partial charge is 0.383 e. The molecule has 2 aliphatic heterocycles. The zero-order valence-corrected chi connectivity index (χ0v) is 17.1. The number of hydrogen-bond donors (Lipinski definition) is 0. The van der Waals surface area contributed by atoms with Crippen molar-refractivity contribution in [3.63, 3.8) is 0 Å². The van der Waals surface area contributed by atoms with Gasteiger partial charge in [0.2, 0.25) is 5.91 Å². The van der Waals surface area contributed by atoms with Gasteiger partial charge in [0, 0.05) is 64.5 Å². The van der Waals surface area contributed by atoms with Crippen molar-refractivity contribution in [1.82, 2.24) is 19.7 Å². The number of hydrogen-bond acceptors (Lipinski definition) is 5. The van der Waals surface area contributed by atoms with Crippen LogP contribution >= 0.6 is 0 Å². The van der Waals surface area contributed by atoms with Gasteiger partial charge in [-0.15, -0.1) is 0 Å². The van der Waals surface area contributed by atoms with Crippen molar-refractivity contribution in [1.29, 1.82) is 0 Å². The number of pyridine rings is 1. The molecule has 150 valence electrons. The lowest BCUT2D eigenvalue weighted by molar-refractivity contribution is -0.131. The summed E-state index contributed by atoms with van der Waals surface area (Å²) < 4.78 is 5.17. The summed E-state index contributed by atoms with van der Waals surface area (Å²) in [4.78, 5) is 24.1. The molecule has 3 heterocycles. The molecule has 0 unspecified atom stereocenters.